The van der Waals surface area contributed by atoms with Crippen molar-refractivity contribution in [3.8, 4) is 0 Å². The molecule has 5 heteroatoms. The summed E-state index contributed by atoms with van der Waals surface area (Å²) in [6.45, 7) is 0.242. The zero-order chi connectivity index (χ0) is 8.85. The van der Waals surface area contributed by atoms with E-state index < -0.39 is 24.5 Å². The Hall–Kier alpha value is -1.13. The summed E-state index contributed by atoms with van der Waals surface area (Å²) in [6.07, 6.45) is 0. The van der Waals surface area contributed by atoms with Gasteiger partial charge in [-0.25, -0.2) is 4.39 Å². The number of rotatable bonds is 4. The minimum Gasteiger partial charge on any atom is -0.549 e. The van der Waals surface area contributed by atoms with Crippen LogP contribution in [0.3, 0.4) is 0 Å². The second kappa shape index (κ2) is 4.65. The maximum Gasteiger partial charge on any atom is 0.317 e. The molecule has 0 N–H and O–H groups in total. The molecule has 0 saturated carbocycles. The summed E-state index contributed by atoms with van der Waals surface area (Å²) in [5, 5.41) is 9.99. The number of carbonyl (C=O) groups excluding carboxylic acids is 2. The fraction of sp³-hybridized carbons (Fsp3) is 0.667. The summed E-state index contributed by atoms with van der Waals surface area (Å²) in [4.78, 5) is 20.5. The van der Waals surface area contributed by atoms with E-state index in [1.165, 1.54) is 6.92 Å². The average molecular weight is 163 g/mol. The van der Waals surface area contributed by atoms with Crippen molar-refractivity contribution in [2.45, 2.75) is 6.92 Å². The zero-order valence-electron chi connectivity index (χ0n) is 6.00. The van der Waals surface area contributed by atoms with Crippen molar-refractivity contribution in [3.63, 3.8) is 0 Å². The Morgan fingerprint density at radius 1 is 1.64 bits per heavy atom. The van der Waals surface area contributed by atoms with Gasteiger partial charge in [0.2, 0.25) is 0 Å². The van der Waals surface area contributed by atoms with Crippen LogP contribution in [0.1, 0.15) is 6.92 Å². The van der Waals surface area contributed by atoms with Gasteiger partial charge in [0.15, 0.2) is 0 Å². The Labute approximate surface area is 63.0 Å². The van der Waals surface area contributed by atoms with Crippen LogP contribution in [0.25, 0.3) is 0 Å². The molecule has 1 atom stereocenters. The number of hydrogen-bond donors (Lipinski definition) is 0. The van der Waals surface area contributed by atoms with E-state index in [0.29, 0.717) is 0 Å². The van der Waals surface area contributed by atoms with Crippen LogP contribution in [-0.2, 0) is 14.3 Å². The number of carboxylic acid groups (broad SMARTS) is 1. The maximum absolute atomic E-state index is 11.8. The monoisotopic (exact) mass is 163 g/mol. The van der Waals surface area contributed by atoms with Gasteiger partial charge in [-0.2, -0.15) is 0 Å². The molecule has 0 heterocycles. The van der Waals surface area contributed by atoms with Crippen LogP contribution in [-0.4, -0.2) is 25.2 Å². The fourth-order valence-electron chi connectivity index (χ4n) is 0.465. The largest absolute Gasteiger partial charge is 0.549 e. The number of esters is 1. The third-order valence-corrected chi connectivity index (χ3v) is 1.01. The minimum absolute atomic E-state index is 0.0304. The standard InChI is InChI=1S/C6H9FO4/c1-2-11-6(10)4(3-7)5(8)9/h4H,2-3H2,1H3,(H,8,9)/p-1. The van der Waals surface area contributed by atoms with Gasteiger partial charge in [0, 0.05) is 0 Å². The van der Waals surface area contributed by atoms with Gasteiger partial charge in [0.25, 0.3) is 0 Å². The van der Waals surface area contributed by atoms with Crippen LogP contribution < -0.4 is 5.11 Å². The Kier molecular flexibility index (Phi) is 4.17. The molecule has 1 unspecified atom stereocenters. The van der Waals surface area contributed by atoms with Crippen LogP contribution in [0.4, 0.5) is 4.39 Å². The first-order valence-corrected chi connectivity index (χ1v) is 3.07. The smallest absolute Gasteiger partial charge is 0.317 e. The Balaban J connectivity index is 4.03. The highest BCUT2D eigenvalue weighted by Crippen LogP contribution is 1.99. The lowest BCUT2D eigenvalue weighted by Crippen LogP contribution is -2.38. The normalized spacial score (nSPS) is 12.2. The summed E-state index contributed by atoms with van der Waals surface area (Å²) in [6, 6.07) is 0. The molecule has 11 heavy (non-hydrogen) atoms. The van der Waals surface area contributed by atoms with Gasteiger partial charge in [0.05, 0.1) is 12.6 Å². The number of carboxylic acids is 1. The van der Waals surface area contributed by atoms with Gasteiger partial charge in [-0.3, -0.25) is 4.79 Å². The lowest BCUT2D eigenvalue weighted by Gasteiger charge is -2.11. The predicted molar refractivity (Wildman–Crippen MR) is 31.1 cm³/mol. The predicted octanol–water partition coefficient (Wildman–Crippen LogP) is -1.11. The van der Waals surface area contributed by atoms with Crippen LogP contribution >= 0.6 is 0 Å². The molecule has 0 aliphatic carbocycles. The summed E-state index contributed by atoms with van der Waals surface area (Å²) >= 11 is 0. The molecule has 0 aromatic rings. The molecule has 0 aromatic heterocycles. The van der Waals surface area contributed by atoms with E-state index in [2.05, 4.69) is 4.74 Å². The quantitative estimate of drug-likeness (QED) is 0.389. The van der Waals surface area contributed by atoms with Crippen molar-refractivity contribution in [1.82, 2.24) is 0 Å². The second-order valence-corrected chi connectivity index (χ2v) is 1.78. The Morgan fingerprint density at radius 2 is 2.18 bits per heavy atom. The summed E-state index contributed by atoms with van der Waals surface area (Å²) in [7, 11) is 0. The number of ether oxygens (including phenoxy) is 1. The minimum atomic E-state index is -1.78. The van der Waals surface area contributed by atoms with Gasteiger partial charge >= 0.3 is 5.97 Å². The van der Waals surface area contributed by atoms with Crippen molar-refractivity contribution in [3.05, 3.63) is 0 Å². The van der Waals surface area contributed by atoms with Crippen LogP contribution in [0.15, 0.2) is 0 Å². The van der Waals surface area contributed by atoms with Crippen LogP contribution in [0.2, 0.25) is 0 Å². The van der Waals surface area contributed by atoms with Gasteiger partial charge < -0.3 is 14.6 Å². The Bertz CT molecular complexity index is 157. The van der Waals surface area contributed by atoms with E-state index in [1.807, 2.05) is 0 Å². The molecule has 0 bridgehead atoms. The third kappa shape index (κ3) is 2.97. The van der Waals surface area contributed by atoms with Crippen molar-refractivity contribution in [2.24, 2.45) is 5.92 Å². The first-order valence-electron chi connectivity index (χ1n) is 3.07. The molecule has 0 radical (unpaired) electrons. The van der Waals surface area contributed by atoms with Crippen molar-refractivity contribution < 1.29 is 23.8 Å². The SMILES string of the molecule is CCOC(=O)C(CF)C(=O)[O-]. The third-order valence-electron chi connectivity index (χ3n) is 1.01. The molecule has 64 valence electrons. The van der Waals surface area contributed by atoms with E-state index in [-0.39, 0.29) is 6.61 Å². The molecule has 0 saturated heterocycles. The van der Waals surface area contributed by atoms with E-state index in [0.717, 1.165) is 0 Å². The van der Waals surface area contributed by atoms with Crippen LogP contribution in [0, 0.1) is 5.92 Å². The molecule has 0 aliphatic rings. The highest BCUT2D eigenvalue weighted by atomic mass is 19.1. The molecular formula is C6H8FO4-. The Morgan fingerprint density at radius 3 is 2.45 bits per heavy atom. The molecule has 0 aromatic carbocycles. The maximum atomic E-state index is 11.8. The van der Waals surface area contributed by atoms with Crippen molar-refractivity contribution in [1.29, 1.82) is 0 Å². The van der Waals surface area contributed by atoms with E-state index >= 15 is 0 Å². The van der Waals surface area contributed by atoms with Gasteiger partial charge in [-0.05, 0) is 6.92 Å². The molecular weight excluding hydrogens is 155 g/mol. The van der Waals surface area contributed by atoms with E-state index in [9.17, 15) is 19.1 Å². The average Bonchev–Trinajstić information content (AvgIpc) is 1.88. The van der Waals surface area contributed by atoms with Crippen molar-refractivity contribution >= 4 is 11.9 Å². The first-order chi connectivity index (χ1) is 5.13. The zero-order valence-corrected chi connectivity index (χ0v) is 6.00. The number of aliphatic carboxylic acids is 1. The lowest BCUT2D eigenvalue weighted by atomic mass is 10.2. The van der Waals surface area contributed by atoms with Gasteiger partial charge in [-0.1, -0.05) is 0 Å². The number of carbonyl (C=O) groups is 2. The molecule has 0 rings (SSSR count). The summed E-state index contributed by atoms with van der Waals surface area (Å²) in [5.74, 6) is -4.61. The number of alkyl halides is 1. The van der Waals surface area contributed by atoms with E-state index in [1.54, 1.807) is 0 Å². The highest BCUT2D eigenvalue weighted by molar-refractivity contribution is 5.93. The van der Waals surface area contributed by atoms with Gasteiger partial charge in [0.1, 0.15) is 12.6 Å². The van der Waals surface area contributed by atoms with Crippen LogP contribution in [0.5, 0.6) is 0 Å². The molecule has 0 amide bonds. The number of halogens is 1. The summed E-state index contributed by atoms with van der Waals surface area (Å²) < 4.78 is 16.0. The highest BCUT2D eigenvalue weighted by Gasteiger charge is 2.20. The molecule has 0 spiro atoms. The molecule has 4 nitrogen and oxygen atoms in total. The fourth-order valence-corrected chi connectivity index (χ4v) is 0.465. The van der Waals surface area contributed by atoms with Gasteiger partial charge in [-0.15, -0.1) is 0 Å². The second-order valence-electron chi connectivity index (χ2n) is 1.78. The van der Waals surface area contributed by atoms with Crippen molar-refractivity contribution in [2.75, 3.05) is 13.3 Å². The molecule has 0 fully saturated rings. The lowest BCUT2D eigenvalue weighted by molar-refractivity contribution is -0.311. The first kappa shape index (κ1) is 9.87. The van der Waals surface area contributed by atoms with E-state index in [4.69, 9.17) is 0 Å². The number of hydrogen-bond acceptors (Lipinski definition) is 4. The summed E-state index contributed by atoms with van der Waals surface area (Å²) in [5.41, 5.74) is 0. The topological polar surface area (TPSA) is 66.4 Å². The molecule has 0 aliphatic heterocycles.